The first kappa shape index (κ1) is 25.3. The summed E-state index contributed by atoms with van der Waals surface area (Å²) in [5.41, 5.74) is 1.26. The van der Waals surface area contributed by atoms with E-state index in [4.69, 9.17) is 14.3 Å². The second kappa shape index (κ2) is 16.1. The molecule has 1 heterocycles. The fourth-order valence-electron chi connectivity index (χ4n) is 2.82. The monoisotopic (exact) mass is 515 g/mol. The molecule has 0 fully saturated rings. The van der Waals surface area contributed by atoms with Crippen LogP contribution in [0.15, 0.2) is 52.1 Å². The number of ether oxygens (including phenoxy) is 1. The van der Waals surface area contributed by atoms with Gasteiger partial charge < -0.3 is 24.9 Å². The van der Waals surface area contributed by atoms with Crippen LogP contribution in [0, 0.1) is 0 Å². The molecule has 7 heteroatoms. The number of guanidine groups is 1. The minimum Gasteiger partial charge on any atom is -0.497 e. The SMILES string of the molecule is COc1ccc(CCNC(=NCCCCCCO)NCCc2ccco2)cc1.I. The molecule has 0 saturated heterocycles. The van der Waals surface area contributed by atoms with Crippen molar-refractivity contribution < 1.29 is 14.3 Å². The van der Waals surface area contributed by atoms with Gasteiger partial charge in [-0.2, -0.15) is 0 Å². The van der Waals surface area contributed by atoms with Gasteiger partial charge in [-0.25, -0.2) is 0 Å². The van der Waals surface area contributed by atoms with Crippen LogP contribution < -0.4 is 15.4 Å². The van der Waals surface area contributed by atoms with Gasteiger partial charge in [-0.3, -0.25) is 4.99 Å². The Kier molecular flexibility index (Phi) is 14.0. The van der Waals surface area contributed by atoms with Crippen molar-refractivity contribution in [1.29, 1.82) is 0 Å². The number of methoxy groups -OCH3 is 1. The Morgan fingerprint density at radius 2 is 1.72 bits per heavy atom. The predicted octanol–water partition coefficient (Wildman–Crippen LogP) is 3.78. The molecule has 2 aromatic rings. The Hall–Kier alpha value is -1.74. The molecule has 0 unspecified atom stereocenters. The van der Waals surface area contributed by atoms with Crippen molar-refractivity contribution in [2.24, 2.45) is 4.99 Å². The Balaban J connectivity index is 0.00000420. The third-order valence-electron chi connectivity index (χ3n) is 4.45. The Labute approximate surface area is 191 Å². The first-order valence-corrected chi connectivity index (χ1v) is 10.1. The third kappa shape index (κ3) is 11.1. The third-order valence-corrected chi connectivity index (χ3v) is 4.45. The zero-order valence-electron chi connectivity index (χ0n) is 17.2. The molecule has 1 aromatic carbocycles. The highest BCUT2D eigenvalue weighted by Crippen LogP contribution is 2.11. The van der Waals surface area contributed by atoms with E-state index in [0.29, 0.717) is 0 Å². The number of aliphatic imine (C=N–C) groups is 1. The topological polar surface area (TPSA) is 79.0 Å². The van der Waals surface area contributed by atoms with Crippen LogP contribution in [0.25, 0.3) is 0 Å². The van der Waals surface area contributed by atoms with Crippen LogP contribution in [-0.4, -0.2) is 44.4 Å². The van der Waals surface area contributed by atoms with Crippen LogP contribution in [-0.2, 0) is 12.8 Å². The molecule has 29 heavy (non-hydrogen) atoms. The van der Waals surface area contributed by atoms with Gasteiger partial charge in [0.05, 0.1) is 13.4 Å². The summed E-state index contributed by atoms with van der Waals surface area (Å²) in [5.74, 6) is 2.68. The van der Waals surface area contributed by atoms with Gasteiger partial charge in [-0.1, -0.05) is 25.0 Å². The lowest BCUT2D eigenvalue weighted by Gasteiger charge is -2.12. The predicted molar refractivity (Wildman–Crippen MR) is 128 cm³/mol. The lowest BCUT2D eigenvalue weighted by atomic mass is 10.1. The number of nitrogens with zero attached hydrogens (tertiary/aromatic N) is 1. The maximum absolute atomic E-state index is 8.84. The van der Waals surface area contributed by atoms with E-state index in [2.05, 4.69) is 27.8 Å². The summed E-state index contributed by atoms with van der Waals surface area (Å²) in [6, 6.07) is 12.0. The van der Waals surface area contributed by atoms with Crippen molar-refractivity contribution in [3.8, 4) is 5.75 Å². The van der Waals surface area contributed by atoms with Crippen LogP contribution in [0.1, 0.15) is 37.0 Å². The number of hydrogen-bond acceptors (Lipinski definition) is 4. The molecule has 0 aliphatic rings. The van der Waals surface area contributed by atoms with Gasteiger partial charge in [0, 0.05) is 32.7 Å². The lowest BCUT2D eigenvalue weighted by Crippen LogP contribution is -2.39. The molecule has 0 saturated carbocycles. The molecule has 0 radical (unpaired) electrons. The number of furan rings is 1. The van der Waals surface area contributed by atoms with Gasteiger partial charge in [-0.15, -0.1) is 24.0 Å². The summed E-state index contributed by atoms with van der Waals surface area (Å²) in [7, 11) is 1.68. The van der Waals surface area contributed by atoms with Crippen molar-refractivity contribution in [1.82, 2.24) is 10.6 Å². The van der Waals surface area contributed by atoms with Crippen LogP contribution >= 0.6 is 24.0 Å². The van der Waals surface area contributed by atoms with E-state index < -0.39 is 0 Å². The minimum absolute atomic E-state index is 0. The summed E-state index contributed by atoms with van der Waals surface area (Å²) >= 11 is 0. The highest BCUT2D eigenvalue weighted by molar-refractivity contribution is 14.0. The van der Waals surface area contributed by atoms with Crippen molar-refractivity contribution >= 4 is 29.9 Å². The fraction of sp³-hybridized carbons (Fsp3) is 0.500. The molecular formula is C22H34IN3O3. The number of halogens is 1. The van der Waals surface area contributed by atoms with E-state index in [9.17, 15) is 0 Å². The maximum atomic E-state index is 8.84. The Morgan fingerprint density at radius 3 is 2.38 bits per heavy atom. The lowest BCUT2D eigenvalue weighted by molar-refractivity contribution is 0.282. The summed E-state index contributed by atoms with van der Waals surface area (Å²) in [5, 5.41) is 15.6. The van der Waals surface area contributed by atoms with E-state index in [1.807, 2.05) is 24.3 Å². The average Bonchev–Trinajstić information content (AvgIpc) is 3.24. The summed E-state index contributed by atoms with van der Waals surface area (Å²) < 4.78 is 10.6. The smallest absolute Gasteiger partial charge is 0.191 e. The first-order chi connectivity index (χ1) is 13.8. The second-order valence-electron chi connectivity index (χ2n) is 6.65. The Bertz CT molecular complexity index is 660. The molecule has 3 N–H and O–H groups in total. The van der Waals surface area contributed by atoms with E-state index in [1.165, 1.54) is 5.56 Å². The summed E-state index contributed by atoms with van der Waals surface area (Å²) in [6.07, 6.45) is 7.49. The largest absolute Gasteiger partial charge is 0.497 e. The molecule has 1 aromatic heterocycles. The van der Waals surface area contributed by atoms with Gasteiger partial charge in [0.25, 0.3) is 0 Å². The minimum atomic E-state index is 0. The van der Waals surface area contributed by atoms with E-state index in [-0.39, 0.29) is 30.6 Å². The van der Waals surface area contributed by atoms with Gasteiger partial charge >= 0.3 is 0 Å². The normalized spacial score (nSPS) is 11.0. The van der Waals surface area contributed by atoms with Crippen LogP contribution in [0.5, 0.6) is 5.75 Å². The molecule has 0 amide bonds. The number of rotatable bonds is 13. The van der Waals surface area contributed by atoms with Gasteiger partial charge in [0.15, 0.2) is 5.96 Å². The zero-order chi connectivity index (χ0) is 19.9. The number of benzene rings is 1. The second-order valence-corrected chi connectivity index (χ2v) is 6.65. The van der Waals surface area contributed by atoms with Crippen LogP contribution in [0.2, 0.25) is 0 Å². The van der Waals surface area contributed by atoms with Crippen LogP contribution in [0.3, 0.4) is 0 Å². The molecule has 0 aliphatic carbocycles. The van der Waals surface area contributed by atoms with Crippen LogP contribution in [0.4, 0.5) is 0 Å². The molecular weight excluding hydrogens is 481 g/mol. The van der Waals surface area contributed by atoms with Crippen molar-refractivity contribution in [3.63, 3.8) is 0 Å². The molecule has 0 spiro atoms. The maximum Gasteiger partial charge on any atom is 0.191 e. The number of aliphatic hydroxyl groups excluding tert-OH is 1. The van der Waals surface area contributed by atoms with E-state index in [1.54, 1.807) is 13.4 Å². The molecule has 0 bridgehead atoms. The number of aliphatic hydroxyl groups is 1. The fourth-order valence-corrected chi connectivity index (χ4v) is 2.82. The van der Waals surface area contributed by atoms with Gasteiger partial charge in [0.2, 0.25) is 0 Å². The molecule has 0 atom stereocenters. The number of unbranched alkanes of at least 4 members (excludes halogenated alkanes) is 3. The van der Waals surface area contributed by atoms with Gasteiger partial charge in [-0.05, 0) is 49.1 Å². The van der Waals surface area contributed by atoms with Crippen molar-refractivity contribution in [2.45, 2.75) is 38.5 Å². The van der Waals surface area contributed by atoms with Crippen molar-refractivity contribution in [3.05, 3.63) is 54.0 Å². The molecule has 2 rings (SSSR count). The van der Waals surface area contributed by atoms with E-state index in [0.717, 1.165) is 75.6 Å². The standard InChI is InChI=1S/C22H33N3O3.HI/c1-27-20-10-8-19(9-11-20)12-15-24-22(23-14-4-2-3-5-17-26)25-16-13-21-7-6-18-28-21;/h6-11,18,26H,2-5,12-17H2,1H3,(H2,23,24,25);1H. The highest BCUT2D eigenvalue weighted by Gasteiger charge is 2.01. The van der Waals surface area contributed by atoms with Crippen molar-refractivity contribution in [2.75, 3.05) is 33.4 Å². The number of nitrogens with one attached hydrogen (secondary N) is 2. The average molecular weight is 515 g/mol. The number of hydrogen-bond donors (Lipinski definition) is 3. The highest BCUT2D eigenvalue weighted by atomic mass is 127. The first-order valence-electron chi connectivity index (χ1n) is 10.1. The summed E-state index contributed by atoms with van der Waals surface area (Å²) in [6.45, 7) is 2.63. The molecule has 162 valence electrons. The summed E-state index contributed by atoms with van der Waals surface area (Å²) in [4.78, 5) is 4.68. The van der Waals surface area contributed by atoms with E-state index >= 15 is 0 Å². The quantitative estimate of drug-likeness (QED) is 0.164. The zero-order valence-corrected chi connectivity index (χ0v) is 19.6. The molecule has 0 aliphatic heterocycles. The Morgan fingerprint density at radius 1 is 1.00 bits per heavy atom. The molecule has 6 nitrogen and oxygen atoms in total. The van der Waals surface area contributed by atoms with Gasteiger partial charge in [0.1, 0.15) is 11.5 Å².